The van der Waals surface area contributed by atoms with Crippen LogP contribution in [0.5, 0.6) is 0 Å². The molecule has 1 aliphatic carbocycles. The molecule has 0 spiro atoms. The molecule has 0 bridgehead atoms. The number of aliphatic hydroxyl groups excluding tert-OH is 1. The van der Waals surface area contributed by atoms with Crippen LogP contribution in [0.15, 0.2) is 48.8 Å². The molecule has 5 heteroatoms. The number of aliphatic hydroxyl groups is 1. The van der Waals surface area contributed by atoms with Gasteiger partial charge < -0.3 is 5.11 Å². The molecule has 4 nitrogen and oxygen atoms in total. The average molecular weight is 293 g/mol. The molecule has 0 radical (unpaired) electrons. The van der Waals surface area contributed by atoms with Crippen molar-refractivity contribution in [3.05, 3.63) is 54.4 Å². The van der Waals surface area contributed by atoms with E-state index in [1.54, 1.807) is 43.6 Å². The fourth-order valence-corrected chi connectivity index (χ4v) is 3.67. The molecule has 0 amide bonds. The first-order valence-electron chi connectivity index (χ1n) is 6.46. The van der Waals surface area contributed by atoms with Gasteiger partial charge in [-0.3, -0.25) is 3.97 Å². The monoisotopic (exact) mass is 293 g/mol. The SMILES string of the molecule is C/C(=C\CO)c1ccn(S(=O)(=O)C2(C)C=CC=CC2)c1. The summed E-state index contributed by atoms with van der Waals surface area (Å²) < 4.78 is 25.8. The predicted molar refractivity (Wildman–Crippen MR) is 80.8 cm³/mol. The Bertz CT molecular complexity index is 680. The summed E-state index contributed by atoms with van der Waals surface area (Å²) in [6.45, 7) is 3.50. The summed E-state index contributed by atoms with van der Waals surface area (Å²) in [6, 6.07) is 1.74. The Balaban J connectivity index is 2.39. The van der Waals surface area contributed by atoms with E-state index in [4.69, 9.17) is 5.11 Å². The van der Waals surface area contributed by atoms with Crippen molar-refractivity contribution in [3.63, 3.8) is 0 Å². The Morgan fingerprint density at radius 3 is 2.85 bits per heavy atom. The summed E-state index contributed by atoms with van der Waals surface area (Å²) in [7, 11) is -3.50. The van der Waals surface area contributed by atoms with Crippen molar-refractivity contribution in [1.82, 2.24) is 3.97 Å². The van der Waals surface area contributed by atoms with E-state index < -0.39 is 14.8 Å². The average Bonchev–Trinajstić information content (AvgIpc) is 2.90. The molecular formula is C15H19NO3S. The summed E-state index contributed by atoms with van der Waals surface area (Å²) in [6.07, 6.45) is 12.5. The van der Waals surface area contributed by atoms with Gasteiger partial charge in [0.25, 0.3) is 0 Å². The van der Waals surface area contributed by atoms with Gasteiger partial charge in [-0.1, -0.05) is 30.4 Å². The van der Waals surface area contributed by atoms with E-state index in [0.717, 1.165) is 11.1 Å². The highest BCUT2D eigenvalue weighted by Gasteiger charge is 2.37. The lowest BCUT2D eigenvalue weighted by Gasteiger charge is -2.26. The molecule has 0 saturated carbocycles. The molecular weight excluding hydrogens is 274 g/mol. The summed E-state index contributed by atoms with van der Waals surface area (Å²) in [5.74, 6) is 0. The molecule has 1 aromatic heterocycles. The summed E-state index contributed by atoms with van der Waals surface area (Å²) in [5.41, 5.74) is 1.65. The van der Waals surface area contributed by atoms with Gasteiger partial charge in [0.05, 0.1) is 6.61 Å². The fraction of sp³-hybridized carbons (Fsp3) is 0.333. The molecule has 1 unspecified atom stereocenters. The maximum Gasteiger partial charge on any atom is 0.247 e. The van der Waals surface area contributed by atoms with Gasteiger partial charge in [-0.05, 0) is 37.5 Å². The number of nitrogens with zero attached hydrogens (tertiary/aromatic N) is 1. The van der Waals surface area contributed by atoms with E-state index in [0.29, 0.717) is 6.42 Å². The van der Waals surface area contributed by atoms with Crippen molar-refractivity contribution >= 4 is 15.6 Å². The number of hydrogen-bond acceptors (Lipinski definition) is 3. The predicted octanol–water partition coefficient (Wildman–Crippen LogP) is 2.34. The maximum absolute atomic E-state index is 12.7. The maximum atomic E-state index is 12.7. The number of aromatic nitrogens is 1. The molecule has 0 aliphatic heterocycles. The minimum Gasteiger partial charge on any atom is -0.392 e. The molecule has 2 rings (SSSR count). The number of allylic oxidation sites excluding steroid dienone is 4. The zero-order valence-electron chi connectivity index (χ0n) is 11.7. The third-order valence-electron chi connectivity index (χ3n) is 3.61. The highest BCUT2D eigenvalue weighted by Crippen LogP contribution is 2.29. The minimum absolute atomic E-state index is 0.0605. The van der Waals surface area contributed by atoms with E-state index in [1.165, 1.54) is 3.97 Å². The van der Waals surface area contributed by atoms with Gasteiger partial charge in [0.15, 0.2) is 0 Å². The molecule has 1 aliphatic rings. The third-order valence-corrected chi connectivity index (χ3v) is 5.87. The summed E-state index contributed by atoms with van der Waals surface area (Å²) in [5, 5.41) is 8.89. The van der Waals surface area contributed by atoms with Gasteiger partial charge in [0, 0.05) is 12.4 Å². The fourth-order valence-electron chi connectivity index (χ4n) is 2.15. The Labute approximate surface area is 119 Å². The van der Waals surface area contributed by atoms with Crippen molar-refractivity contribution in [2.45, 2.75) is 25.0 Å². The van der Waals surface area contributed by atoms with E-state index in [-0.39, 0.29) is 6.61 Å². The summed E-state index contributed by atoms with van der Waals surface area (Å²) >= 11 is 0. The van der Waals surface area contributed by atoms with Gasteiger partial charge in [-0.25, -0.2) is 8.42 Å². The zero-order valence-corrected chi connectivity index (χ0v) is 12.5. The van der Waals surface area contributed by atoms with Crippen molar-refractivity contribution in [2.24, 2.45) is 0 Å². The van der Waals surface area contributed by atoms with Crippen LogP contribution in [0.3, 0.4) is 0 Å². The first kappa shape index (κ1) is 14.8. The first-order chi connectivity index (χ1) is 9.40. The lowest BCUT2D eigenvalue weighted by molar-refractivity contribution is 0.343. The molecule has 1 heterocycles. The second-order valence-corrected chi connectivity index (χ2v) is 7.41. The van der Waals surface area contributed by atoms with Crippen LogP contribution in [0.4, 0.5) is 0 Å². The van der Waals surface area contributed by atoms with Crippen LogP contribution < -0.4 is 0 Å². The smallest absolute Gasteiger partial charge is 0.247 e. The van der Waals surface area contributed by atoms with Crippen LogP contribution in [0.2, 0.25) is 0 Å². The van der Waals surface area contributed by atoms with Crippen LogP contribution in [-0.2, 0) is 10.0 Å². The molecule has 0 saturated heterocycles. The standard InChI is InChI=1S/C15H19NO3S/c1-13(7-11-17)14-6-10-16(12-14)20(18,19)15(2)8-4-3-5-9-15/h3-8,10,12,17H,9,11H2,1-2H3/b13-7+. The summed E-state index contributed by atoms with van der Waals surface area (Å²) in [4.78, 5) is 0. The number of hydrogen-bond donors (Lipinski definition) is 1. The van der Waals surface area contributed by atoms with Crippen LogP contribution >= 0.6 is 0 Å². The molecule has 20 heavy (non-hydrogen) atoms. The van der Waals surface area contributed by atoms with Crippen molar-refractivity contribution in [3.8, 4) is 0 Å². The van der Waals surface area contributed by atoms with Crippen LogP contribution in [0, 0.1) is 0 Å². The molecule has 0 aromatic carbocycles. The van der Waals surface area contributed by atoms with E-state index in [9.17, 15) is 8.42 Å². The van der Waals surface area contributed by atoms with E-state index in [1.807, 2.05) is 19.1 Å². The minimum atomic E-state index is -3.50. The Morgan fingerprint density at radius 1 is 1.50 bits per heavy atom. The topological polar surface area (TPSA) is 59.3 Å². The van der Waals surface area contributed by atoms with Crippen LogP contribution in [-0.4, -0.2) is 28.9 Å². The first-order valence-corrected chi connectivity index (χ1v) is 7.90. The lowest BCUT2D eigenvalue weighted by Crippen LogP contribution is -2.37. The largest absolute Gasteiger partial charge is 0.392 e. The molecule has 1 aromatic rings. The van der Waals surface area contributed by atoms with Gasteiger partial charge in [0.2, 0.25) is 10.0 Å². The van der Waals surface area contributed by atoms with Gasteiger partial charge in [-0.2, -0.15) is 0 Å². The van der Waals surface area contributed by atoms with Crippen molar-refractivity contribution in [1.29, 1.82) is 0 Å². The Morgan fingerprint density at radius 2 is 2.25 bits per heavy atom. The third kappa shape index (κ3) is 2.51. The van der Waals surface area contributed by atoms with Crippen molar-refractivity contribution < 1.29 is 13.5 Å². The quantitative estimate of drug-likeness (QED) is 0.927. The Hall–Kier alpha value is -1.59. The second kappa shape index (κ2) is 5.42. The van der Waals surface area contributed by atoms with E-state index >= 15 is 0 Å². The normalized spacial score (nSPS) is 23.2. The van der Waals surface area contributed by atoms with Crippen LogP contribution in [0.1, 0.15) is 25.8 Å². The van der Waals surface area contributed by atoms with Crippen LogP contribution in [0.25, 0.3) is 5.57 Å². The molecule has 0 fully saturated rings. The van der Waals surface area contributed by atoms with Gasteiger partial charge in [-0.15, -0.1) is 0 Å². The highest BCUT2D eigenvalue weighted by molar-refractivity contribution is 7.91. The molecule has 1 N–H and O–H groups in total. The lowest BCUT2D eigenvalue weighted by atomic mass is 10.0. The van der Waals surface area contributed by atoms with Crippen molar-refractivity contribution in [2.75, 3.05) is 6.61 Å². The molecule has 108 valence electrons. The van der Waals surface area contributed by atoms with Gasteiger partial charge in [0.1, 0.15) is 4.75 Å². The van der Waals surface area contributed by atoms with E-state index in [2.05, 4.69) is 0 Å². The van der Waals surface area contributed by atoms with Gasteiger partial charge >= 0.3 is 0 Å². The highest BCUT2D eigenvalue weighted by atomic mass is 32.2. The second-order valence-electron chi connectivity index (χ2n) is 5.11. The number of rotatable bonds is 4. The Kier molecular flexibility index (Phi) is 4.01. The zero-order chi connectivity index (χ0) is 14.8. The molecule has 1 atom stereocenters.